The maximum atomic E-state index is 13.1. The summed E-state index contributed by atoms with van der Waals surface area (Å²) in [7, 11) is 0. The Morgan fingerprint density at radius 3 is 2.24 bits per heavy atom. The van der Waals surface area contributed by atoms with E-state index in [4.69, 9.17) is 0 Å². The number of tetrazole rings is 1. The molecule has 4 rings (SSSR count). The van der Waals surface area contributed by atoms with Crippen molar-refractivity contribution in [3.8, 4) is 11.4 Å². The second-order valence-electron chi connectivity index (χ2n) is 7.05. The first-order valence-corrected chi connectivity index (χ1v) is 10.8. The van der Waals surface area contributed by atoms with E-state index in [1.165, 1.54) is 28.9 Å². The summed E-state index contributed by atoms with van der Waals surface area (Å²) in [6.45, 7) is 2.32. The molecule has 1 aromatic heterocycles. The van der Waals surface area contributed by atoms with E-state index < -0.39 is 6.36 Å². The van der Waals surface area contributed by atoms with Gasteiger partial charge in [0.1, 0.15) is 11.6 Å². The molecular formula is C20H18F4N6O2S. The van der Waals surface area contributed by atoms with Gasteiger partial charge in [0, 0.05) is 31.9 Å². The first kappa shape index (κ1) is 22.8. The minimum absolute atomic E-state index is 0.0813. The van der Waals surface area contributed by atoms with Crippen LogP contribution in [0.25, 0.3) is 5.69 Å². The zero-order chi connectivity index (χ0) is 23.4. The van der Waals surface area contributed by atoms with Crippen molar-refractivity contribution < 1.29 is 27.1 Å². The number of carbonyl (C=O) groups excluding carboxylic acids is 1. The molecule has 2 heterocycles. The monoisotopic (exact) mass is 482 g/mol. The van der Waals surface area contributed by atoms with Crippen molar-refractivity contribution in [2.24, 2.45) is 0 Å². The summed E-state index contributed by atoms with van der Waals surface area (Å²) < 4.78 is 55.2. The molecule has 0 radical (unpaired) electrons. The lowest BCUT2D eigenvalue weighted by Crippen LogP contribution is -2.49. The van der Waals surface area contributed by atoms with E-state index in [0.29, 0.717) is 37.0 Å². The number of hydrogen-bond donors (Lipinski definition) is 0. The van der Waals surface area contributed by atoms with E-state index in [-0.39, 0.29) is 23.2 Å². The molecular weight excluding hydrogens is 464 g/mol. The standard InChI is InChI=1S/C20H18F4N6O2S/c21-14-1-3-15(4-2-14)28-9-11-29(12-10-28)18(31)13-33-19-25-26-27-30(19)16-5-7-17(8-6-16)32-20(22,23)24/h1-8H,9-13H2. The van der Waals surface area contributed by atoms with Crippen molar-refractivity contribution in [3.63, 3.8) is 0 Å². The van der Waals surface area contributed by atoms with Gasteiger partial charge in [-0.25, -0.2) is 4.39 Å². The van der Waals surface area contributed by atoms with Crippen LogP contribution in [0.15, 0.2) is 53.7 Å². The molecule has 0 unspecified atom stereocenters. The molecule has 0 N–H and O–H groups in total. The molecule has 2 aromatic carbocycles. The third kappa shape index (κ3) is 5.92. The van der Waals surface area contributed by atoms with Gasteiger partial charge in [-0.05, 0) is 59.0 Å². The van der Waals surface area contributed by atoms with Crippen molar-refractivity contribution in [1.29, 1.82) is 0 Å². The second-order valence-corrected chi connectivity index (χ2v) is 7.99. The van der Waals surface area contributed by atoms with Crippen LogP contribution in [0, 0.1) is 5.82 Å². The van der Waals surface area contributed by atoms with Gasteiger partial charge in [-0.15, -0.1) is 18.3 Å². The Kier molecular flexibility index (Phi) is 6.67. The summed E-state index contributed by atoms with van der Waals surface area (Å²) in [5.41, 5.74) is 1.33. The molecule has 0 aliphatic carbocycles. The number of alkyl halides is 3. The average Bonchev–Trinajstić information content (AvgIpc) is 3.26. The molecule has 1 saturated heterocycles. The van der Waals surface area contributed by atoms with Gasteiger partial charge in [0.05, 0.1) is 11.4 Å². The van der Waals surface area contributed by atoms with E-state index in [0.717, 1.165) is 29.6 Å². The Labute approximate surface area is 190 Å². The fourth-order valence-electron chi connectivity index (χ4n) is 3.30. The van der Waals surface area contributed by atoms with Gasteiger partial charge in [-0.2, -0.15) is 4.68 Å². The Morgan fingerprint density at radius 1 is 0.970 bits per heavy atom. The highest BCUT2D eigenvalue weighted by Gasteiger charge is 2.31. The number of halogens is 4. The van der Waals surface area contributed by atoms with E-state index in [1.807, 2.05) is 0 Å². The van der Waals surface area contributed by atoms with E-state index in [9.17, 15) is 22.4 Å². The van der Waals surface area contributed by atoms with Gasteiger partial charge in [0.25, 0.3) is 0 Å². The molecule has 8 nitrogen and oxygen atoms in total. The molecule has 1 amide bonds. The highest BCUT2D eigenvalue weighted by atomic mass is 32.2. The topological polar surface area (TPSA) is 76.4 Å². The van der Waals surface area contributed by atoms with Gasteiger partial charge in [0.15, 0.2) is 0 Å². The summed E-state index contributed by atoms with van der Waals surface area (Å²) in [5.74, 6) is -0.630. The predicted octanol–water partition coefficient (Wildman–Crippen LogP) is 3.14. The van der Waals surface area contributed by atoms with E-state index in [2.05, 4.69) is 25.2 Å². The largest absolute Gasteiger partial charge is 0.573 e. The number of amides is 1. The SMILES string of the molecule is O=C(CSc1nnnn1-c1ccc(OC(F)(F)F)cc1)N1CCN(c2ccc(F)cc2)CC1. The minimum Gasteiger partial charge on any atom is -0.406 e. The van der Waals surface area contributed by atoms with Crippen LogP contribution < -0.4 is 9.64 Å². The van der Waals surface area contributed by atoms with E-state index in [1.54, 1.807) is 17.0 Å². The van der Waals surface area contributed by atoms with Crippen LogP contribution in [0.2, 0.25) is 0 Å². The van der Waals surface area contributed by atoms with E-state index >= 15 is 0 Å². The van der Waals surface area contributed by atoms with Crippen molar-refractivity contribution >= 4 is 23.4 Å². The Morgan fingerprint density at radius 2 is 1.61 bits per heavy atom. The summed E-state index contributed by atoms with van der Waals surface area (Å²) in [5, 5.41) is 11.7. The maximum absolute atomic E-state index is 13.1. The number of ether oxygens (including phenoxy) is 1. The summed E-state index contributed by atoms with van der Waals surface area (Å²) in [4.78, 5) is 16.5. The number of rotatable bonds is 6. The van der Waals surface area contributed by atoms with Crippen LogP contribution in [0.4, 0.5) is 23.2 Å². The third-order valence-electron chi connectivity index (χ3n) is 4.90. The first-order valence-electron chi connectivity index (χ1n) is 9.84. The molecule has 0 bridgehead atoms. The molecule has 33 heavy (non-hydrogen) atoms. The number of anilines is 1. The van der Waals surface area contributed by atoms with Crippen molar-refractivity contribution in [3.05, 3.63) is 54.3 Å². The van der Waals surface area contributed by atoms with Crippen LogP contribution in [0.1, 0.15) is 0 Å². The molecule has 0 atom stereocenters. The molecule has 13 heteroatoms. The third-order valence-corrected chi connectivity index (χ3v) is 5.81. The van der Waals surface area contributed by atoms with Gasteiger partial charge >= 0.3 is 6.36 Å². The van der Waals surface area contributed by atoms with Gasteiger partial charge < -0.3 is 14.5 Å². The number of piperazine rings is 1. The smallest absolute Gasteiger partial charge is 0.406 e. The summed E-state index contributed by atoms with van der Waals surface area (Å²) in [6.07, 6.45) is -4.78. The molecule has 1 fully saturated rings. The maximum Gasteiger partial charge on any atom is 0.573 e. The molecule has 174 valence electrons. The minimum atomic E-state index is -4.78. The fraction of sp³-hybridized carbons (Fsp3) is 0.300. The zero-order valence-corrected chi connectivity index (χ0v) is 17.9. The van der Waals surface area contributed by atoms with Gasteiger partial charge in [0.2, 0.25) is 11.1 Å². The van der Waals surface area contributed by atoms with Gasteiger partial charge in [-0.3, -0.25) is 4.79 Å². The number of hydrogen-bond acceptors (Lipinski definition) is 7. The molecule has 1 aliphatic heterocycles. The van der Waals surface area contributed by atoms with Crippen LogP contribution in [-0.4, -0.2) is 69.3 Å². The quantitative estimate of drug-likeness (QED) is 0.395. The van der Waals surface area contributed by atoms with Crippen LogP contribution in [0.3, 0.4) is 0 Å². The van der Waals surface area contributed by atoms with Crippen LogP contribution in [-0.2, 0) is 4.79 Å². The highest BCUT2D eigenvalue weighted by molar-refractivity contribution is 7.99. The number of benzene rings is 2. The summed E-state index contributed by atoms with van der Waals surface area (Å²) >= 11 is 1.13. The Hall–Kier alpha value is -3.35. The molecule has 0 spiro atoms. The normalized spacial score (nSPS) is 14.4. The number of thioether (sulfide) groups is 1. The first-order chi connectivity index (χ1) is 15.8. The van der Waals surface area contributed by atoms with Crippen LogP contribution in [0.5, 0.6) is 5.75 Å². The highest BCUT2D eigenvalue weighted by Crippen LogP contribution is 2.25. The number of carbonyl (C=O) groups is 1. The lowest BCUT2D eigenvalue weighted by molar-refractivity contribution is -0.274. The van der Waals surface area contributed by atoms with Gasteiger partial charge in [-0.1, -0.05) is 11.8 Å². The number of nitrogens with zero attached hydrogens (tertiary/aromatic N) is 6. The predicted molar refractivity (Wildman–Crippen MR) is 112 cm³/mol. The van der Waals surface area contributed by atoms with Crippen molar-refractivity contribution in [1.82, 2.24) is 25.1 Å². The molecule has 1 aliphatic rings. The fourth-order valence-corrected chi connectivity index (χ4v) is 4.10. The van der Waals surface area contributed by atoms with Crippen molar-refractivity contribution in [2.75, 3.05) is 36.8 Å². The number of aromatic nitrogens is 4. The Bertz CT molecular complexity index is 1080. The Balaban J connectivity index is 1.31. The lowest BCUT2D eigenvalue weighted by Gasteiger charge is -2.36. The van der Waals surface area contributed by atoms with Crippen molar-refractivity contribution in [2.45, 2.75) is 11.5 Å². The molecule has 3 aromatic rings. The van der Waals surface area contributed by atoms with Crippen LogP contribution >= 0.6 is 11.8 Å². The average molecular weight is 482 g/mol. The second kappa shape index (κ2) is 9.65. The zero-order valence-electron chi connectivity index (χ0n) is 17.1. The lowest BCUT2D eigenvalue weighted by atomic mass is 10.2. The summed E-state index contributed by atoms with van der Waals surface area (Å²) in [6, 6.07) is 11.3. The molecule has 0 saturated carbocycles.